The molecule has 1 fully saturated rings. The third-order valence-corrected chi connectivity index (χ3v) is 8.05. The molecule has 2 heterocycles. The zero-order valence-corrected chi connectivity index (χ0v) is 21.2. The van der Waals surface area contributed by atoms with Crippen LogP contribution in [-0.2, 0) is 25.0 Å². The fraction of sp³-hybridized carbons (Fsp3) is 0.174. The zero-order valence-electron chi connectivity index (χ0n) is 18.0. The van der Waals surface area contributed by atoms with Crippen LogP contribution >= 0.6 is 15.9 Å². The van der Waals surface area contributed by atoms with E-state index in [4.69, 9.17) is 9.15 Å². The number of benzene rings is 3. The van der Waals surface area contributed by atoms with E-state index < -0.39 is 30.0 Å². The van der Waals surface area contributed by atoms with Gasteiger partial charge in [-0.25, -0.2) is 13.0 Å². The summed E-state index contributed by atoms with van der Waals surface area (Å²) in [5.74, 6) is 0.447. The maximum atomic E-state index is 12.2. The minimum Gasteiger partial charge on any atom is -0.744 e. The molecule has 5 rings (SSSR count). The average Bonchev–Trinajstić information content (AvgIpc) is 2.81. The normalized spacial score (nSPS) is 15.1. The first-order valence-corrected chi connectivity index (χ1v) is 14.1. The van der Waals surface area contributed by atoms with Crippen LogP contribution in [0.25, 0.3) is 33.4 Å². The third-order valence-electron chi connectivity index (χ3n) is 5.83. The number of morpholine rings is 1. The van der Waals surface area contributed by atoms with Gasteiger partial charge in [-0.15, -0.1) is 0 Å². The topological polar surface area (TPSA) is 137 Å². The molecule has 1 saturated heterocycles. The minimum absolute atomic E-state index is 0.000329. The Bertz CT molecular complexity index is 1740. The Morgan fingerprint density at radius 3 is 2.31 bits per heavy atom. The van der Waals surface area contributed by atoms with Gasteiger partial charge < -0.3 is 13.7 Å². The van der Waals surface area contributed by atoms with Crippen LogP contribution in [0.1, 0.15) is 0 Å². The van der Waals surface area contributed by atoms with E-state index in [1.807, 2.05) is 12.1 Å². The van der Waals surface area contributed by atoms with Crippen LogP contribution < -0.4 is 9.93 Å². The van der Waals surface area contributed by atoms with E-state index in [1.54, 1.807) is 24.3 Å². The molecule has 2 aliphatic heterocycles. The van der Waals surface area contributed by atoms with Crippen LogP contribution in [0, 0.1) is 0 Å². The monoisotopic (exact) mass is 579 g/mol. The van der Waals surface area contributed by atoms with Gasteiger partial charge in [0.25, 0.3) is 10.1 Å². The van der Waals surface area contributed by atoms with Gasteiger partial charge in [-0.1, -0.05) is 22.0 Å². The van der Waals surface area contributed by atoms with Gasteiger partial charge in [0.15, 0.2) is 13.1 Å². The molecule has 1 aliphatic carbocycles. The lowest BCUT2D eigenvalue weighted by Crippen LogP contribution is -2.39. The summed E-state index contributed by atoms with van der Waals surface area (Å²) < 4.78 is 83.8. The first-order valence-electron chi connectivity index (χ1n) is 10.4. The van der Waals surface area contributed by atoms with Crippen molar-refractivity contribution in [1.82, 2.24) is 4.58 Å². The smallest absolute Gasteiger partial charge is 0.294 e. The molecule has 0 unspecified atom stereocenters. The van der Waals surface area contributed by atoms with Crippen LogP contribution in [0.5, 0.6) is 0 Å². The highest BCUT2D eigenvalue weighted by Gasteiger charge is 2.24. The molecule has 182 valence electrons. The van der Waals surface area contributed by atoms with E-state index in [9.17, 15) is 25.9 Å². The molecule has 0 saturated carbocycles. The van der Waals surface area contributed by atoms with Crippen LogP contribution in [0.2, 0.25) is 0 Å². The Hall–Kier alpha value is -2.61. The van der Waals surface area contributed by atoms with Gasteiger partial charge in [0.2, 0.25) is 5.36 Å². The van der Waals surface area contributed by atoms with E-state index in [0.29, 0.717) is 60.2 Å². The number of ether oxygens (including phenoxy) is 1. The quantitative estimate of drug-likeness (QED) is 0.222. The van der Waals surface area contributed by atoms with Gasteiger partial charge in [0, 0.05) is 32.6 Å². The van der Waals surface area contributed by atoms with Crippen LogP contribution in [0.3, 0.4) is 0 Å². The lowest BCUT2D eigenvalue weighted by Gasteiger charge is -2.20. The standard InChI is InChI=1S/C23H18BrNO8S2/c24-14-1-4-17-20(11-14)33-21-12-15(25-7-9-32-10-8-25)2-5-18(21)23(17)19-6-3-16(34(26,27)28)13-22(19)35(29,30)31/h1-6,11-13H,7-10H2,(H-,26,27,28,29,30,31). The molecular weight excluding hydrogens is 562 g/mol. The molecular formula is C23H18BrNO8S2. The molecule has 12 heteroatoms. The number of nitrogens with zero attached hydrogens (tertiary/aromatic N) is 1. The summed E-state index contributed by atoms with van der Waals surface area (Å²) in [6.07, 6.45) is 0. The highest BCUT2D eigenvalue weighted by atomic mass is 79.9. The summed E-state index contributed by atoms with van der Waals surface area (Å²) in [5, 5.41) is 1.41. The van der Waals surface area contributed by atoms with Gasteiger partial charge in [-0.3, -0.25) is 4.55 Å². The number of hydrogen-bond donors (Lipinski definition) is 1. The second kappa shape index (κ2) is 8.80. The van der Waals surface area contributed by atoms with Crippen molar-refractivity contribution in [3.05, 3.63) is 64.4 Å². The Morgan fingerprint density at radius 2 is 1.63 bits per heavy atom. The van der Waals surface area contributed by atoms with E-state index in [-0.39, 0.29) is 5.56 Å². The Balaban J connectivity index is 1.90. The van der Waals surface area contributed by atoms with E-state index >= 15 is 0 Å². The predicted molar refractivity (Wildman–Crippen MR) is 130 cm³/mol. The molecule has 2 aromatic rings. The van der Waals surface area contributed by atoms with Gasteiger partial charge in [0.1, 0.15) is 34.7 Å². The minimum atomic E-state index is -5.12. The Labute approximate surface area is 209 Å². The lowest BCUT2D eigenvalue weighted by molar-refractivity contribution is 0.0965. The lowest BCUT2D eigenvalue weighted by atomic mass is 9.93. The van der Waals surface area contributed by atoms with E-state index in [2.05, 4.69) is 20.5 Å². The van der Waals surface area contributed by atoms with Gasteiger partial charge in [-0.2, -0.15) is 8.42 Å². The summed E-state index contributed by atoms with van der Waals surface area (Å²) >= 11 is 3.41. The van der Waals surface area contributed by atoms with Crippen LogP contribution in [0.4, 0.5) is 0 Å². The highest BCUT2D eigenvalue weighted by Crippen LogP contribution is 2.43. The molecule has 2 aromatic carbocycles. The van der Waals surface area contributed by atoms with Crippen molar-refractivity contribution in [2.45, 2.75) is 9.79 Å². The maximum Gasteiger partial charge on any atom is 0.294 e. The largest absolute Gasteiger partial charge is 0.744 e. The maximum absolute atomic E-state index is 12.2. The Kier molecular flexibility index (Phi) is 6.06. The van der Waals surface area contributed by atoms with Crippen molar-refractivity contribution < 1.29 is 35.1 Å². The van der Waals surface area contributed by atoms with Gasteiger partial charge in [0.05, 0.1) is 15.9 Å². The van der Waals surface area contributed by atoms with Gasteiger partial charge >= 0.3 is 0 Å². The summed E-state index contributed by atoms with van der Waals surface area (Å²) in [6.45, 7) is 2.59. The Morgan fingerprint density at radius 1 is 0.914 bits per heavy atom. The van der Waals surface area contributed by atoms with Crippen molar-refractivity contribution in [3.63, 3.8) is 0 Å². The van der Waals surface area contributed by atoms with Crippen molar-refractivity contribution in [2.75, 3.05) is 26.3 Å². The molecule has 9 nitrogen and oxygen atoms in total. The summed E-state index contributed by atoms with van der Waals surface area (Å²) in [6, 6.07) is 13.6. The highest BCUT2D eigenvalue weighted by molar-refractivity contribution is 9.10. The van der Waals surface area contributed by atoms with Crippen LogP contribution in [-0.4, -0.2) is 52.2 Å². The van der Waals surface area contributed by atoms with Crippen molar-refractivity contribution in [3.8, 4) is 22.5 Å². The summed E-state index contributed by atoms with van der Waals surface area (Å²) in [4.78, 5) is -1.45. The predicted octanol–water partition coefficient (Wildman–Crippen LogP) is 2.92. The zero-order chi connectivity index (χ0) is 25.0. The molecule has 0 atom stereocenters. The molecule has 0 radical (unpaired) electrons. The second-order valence-electron chi connectivity index (χ2n) is 7.98. The first kappa shape index (κ1) is 24.1. The SMILES string of the molecule is O=S(=O)([O-])c1cc(S(=O)(=O)O)ccc1-c1c2ccc(=[N+]3CCOCC3)cc-2oc2cc(Br)ccc12. The molecule has 35 heavy (non-hydrogen) atoms. The number of fused-ring (bicyclic) bond motifs is 2. The number of halogens is 1. The fourth-order valence-corrected chi connectivity index (χ4v) is 5.87. The van der Waals surface area contributed by atoms with Crippen molar-refractivity contribution in [2.24, 2.45) is 0 Å². The van der Waals surface area contributed by atoms with E-state index in [0.717, 1.165) is 15.9 Å². The first-order chi connectivity index (χ1) is 16.5. The van der Waals surface area contributed by atoms with Crippen molar-refractivity contribution in [1.29, 1.82) is 0 Å². The third kappa shape index (κ3) is 4.65. The second-order valence-corrected chi connectivity index (χ2v) is 11.7. The van der Waals surface area contributed by atoms with Crippen molar-refractivity contribution >= 4 is 47.1 Å². The van der Waals surface area contributed by atoms with Gasteiger partial charge in [-0.05, 0) is 36.4 Å². The summed E-state index contributed by atoms with van der Waals surface area (Å²) in [5.41, 5.74) is 1.34. The molecule has 3 aliphatic rings. The molecule has 1 N–H and O–H groups in total. The summed E-state index contributed by atoms with van der Waals surface area (Å²) in [7, 11) is -9.86. The average molecular weight is 580 g/mol. The number of rotatable bonds is 3. The molecule has 0 spiro atoms. The van der Waals surface area contributed by atoms with E-state index in [1.165, 1.54) is 6.07 Å². The molecule has 0 amide bonds. The number of hydrogen-bond acceptors (Lipinski definition) is 7. The molecule has 0 bridgehead atoms. The fourth-order valence-electron chi connectivity index (χ4n) is 4.24. The van der Waals surface area contributed by atoms with Crippen LogP contribution in [0.15, 0.2) is 73.3 Å². The molecule has 0 aromatic heterocycles.